The molecule has 1 atom stereocenters. The quantitative estimate of drug-likeness (QED) is 0.652. The Labute approximate surface area is 158 Å². The number of nitrogens with one attached hydrogen (secondary N) is 1. The number of Topliss-reactive ketones (excluding diaryl/α,β-unsaturated/α-hetero) is 1. The standard InChI is InChI=1S/C21H22N2O4/c1-13-10-16(18(27-4)11-14(13)2)21(3)19(25)23(20(26)22-21)12-17(24)15-8-6-5-7-9-15/h5-11H,12H2,1-4H3,(H,22,26). The van der Waals surface area contributed by atoms with Crippen LogP contribution in [0.2, 0.25) is 0 Å². The zero-order chi connectivity index (χ0) is 19.8. The first-order chi connectivity index (χ1) is 12.8. The van der Waals surface area contributed by atoms with E-state index in [1.165, 1.54) is 7.11 Å². The van der Waals surface area contributed by atoms with E-state index in [-0.39, 0.29) is 12.3 Å². The van der Waals surface area contributed by atoms with Gasteiger partial charge in [0.25, 0.3) is 5.91 Å². The van der Waals surface area contributed by atoms with Crippen LogP contribution in [0.3, 0.4) is 0 Å². The monoisotopic (exact) mass is 366 g/mol. The minimum atomic E-state index is -1.29. The van der Waals surface area contributed by atoms with Crippen LogP contribution in [0, 0.1) is 13.8 Å². The predicted molar refractivity (Wildman–Crippen MR) is 101 cm³/mol. The van der Waals surface area contributed by atoms with Crippen LogP contribution in [-0.4, -0.2) is 36.3 Å². The molecule has 6 heteroatoms. The Bertz CT molecular complexity index is 923. The lowest BCUT2D eigenvalue weighted by Gasteiger charge is -2.25. The van der Waals surface area contributed by atoms with Gasteiger partial charge in [0.1, 0.15) is 11.3 Å². The molecule has 3 rings (SSSR count). The van der Waals surface area contributed by atoms with Crippen LogP contribution >= 0.6 is 0 Å². The number of hydrogen-bond acceptors (Lipinski definition) is 4. The Balaban J connectivity index is 1.94. The third kappa shape index (κ3) is 3.18. The molecule has 1 unspecified atom stereocenters. The summed E-state index contributed by atoms with van der Waals surface area (Å²) in [6.07, 6.45) is 0. The number of carbonyl (C=O) groups is 3. The number of ketones is 1. The molecule has 0 spiro atoms. The van der Waals surface area contributed by atoms with Gasteiger partial charge < -0.3 is 10.1 Å². The Hall–Kier alpha value is -3.15. The summed E-state index contributed by atoms with van der Waals surface area (Å²) in [5.74, 6) is -0.251. The Morgan fingerprint density at radius 1 is 1.11 bits per heavy atom. The van der Waals surface area contributed by atoms with Crippen LogP contribution < -0.4 is 10.1 Å². The van der Waals surface area contributed by atoms with Crippen molar-refractivity contribution in [1.82, 2.24) is 10.2 Å². The number of rotatable bonds is 5. The normalized spacial score (nSPS) is 19.2. The van der Waals surface area contributed by atoms with Gasteiger partial charge in [-0.25, -0.2) is 4.79 Å². The van der Waals surface area contributed by atoms with Gasteiger partial charge in [0.05, 0.1) is 13.7 Å². The predicted octanol–water partition coefficient (Wildman–Crippen LogP) is 2.96. The summed E-state index contributed by atoms with van der Waals surface area (Å²) in [6.45, 7) is 5.20. The largest absolute Gasteiger partial charge is 0.496 e. The lowest BCUT2D eigenvalue weighted by Crippen LogP contribution is -2.42. The van der Waals surface area contributed by atoms with Crippen LogP contribution in [-0.2, 0) is 10.3 Å². The molecular formula is C21H22N2O4. The van der Waals surface area contributed by atoms with Gasteiger partial charge in [0.15, 0.2) is 5.78 Å². The van der Waals surface area contributed by atoms with Crippen molar-refractivity contribution in [3.63, 3.8) is 0 Å². The zero-order valence-corrected chi connectivity index (χ0v) is 15.8. The van der Waals surface area contributed by atoms with Crippen molar-refractivity contribution in [3.05, 3.63) is 64.7 Å². The summed E-state index contributed by atoms with van der Waals surface area (Å²) in [4.78, 5) is 39.0. The van der Waals surface area contributed by atoms with E-state index in [1.807, 2.05) is 26.0 Å². The molecule has 140 valence electrons. The number of urea groups is 1. The van der Waals surface area contributed by atoms with Crippen molar-refractivity contribution >= 4 is 17.7 Å². The number of methoxy groups -OCH3 is 1. The highest BCUT2D eigenvalue weighted by Gasteiger charge is 2.50. The lowest BCUT2D eigenvalue weighted by molar-refractivity contribution is -0.130. The van der Waals surface area contributed by atoms with Crippen molar-refractivity contribution < 1.29 is 19.1 Å². The lowest BCUT2D eigenvalue weighted by atomic mass is 9.88. The number of imide groups is 1. The first kappa shape index (κ1) is 18.6. The highest BCUT2D eigenvalue weighted by atomic mass is 16.5. The second kappa shape index (κ2) is 6.87. The van der Waals surface area contributed by atoms with Gasteiger partial charge in [-0.15, -0.1) is 0 Å². The fourth-order valence-electron chi connectivity index (χ4n) is 3.23. The topological polar surface area (TPSA) is 75.7 Å². The van der Waals surface area contributed by atoms with Gasteiger partial charge in [0.2, 0.25) is 0 Å². The molecule has 1 aliphatic rings. The molecule has 2 aromatic rings. The van der Waals surface area contributed by atoms with Crippen LogP contribution in [0.25, 0.3) is 0 Å². The van der Waals surface area contributed by atoms with E-state index in [0.29, 0.717) is 16.9 Å². The van der Waals surface area contributed by atoms with Gasteiger partial charge in [0, 0.05) is 11.1 Å². The molecule has 1 heterocycles. The van der Waals surface area contributed by atoms with E-state index >= 15 is 0 Å². The minimum Gasteiger partial charge on any atom is -0.496 e. The number of hydrogen-bond donors (Lipinski definition) is 1. The molecule has 1 aliphatic heterocycles. The molecule has 1 N–H and O–H groups in total. The molecule has 0 saturated carbocycles. The third-order valence-electron chi connectivity index (χ3n) is 5.03. The number of aryl methyl sites for hydroxylation is 2. The highest BCUT2D eigenvalue weighted by molar-refractivity contribution is 6.11. The summed E-state index contributed by atoms with van der Waals surface area (Å²) in [6, 6.07) is 11.7. The summed E-state index contributed by atoms with van der Waals surface area (Å²) in [5.41, 5.74) is 1.73. The molecule has 27 heavy (non-hydrogen) atoms. The molecule has 0 aliphatic carbocycles. The number of nitrogens with zero attached hydrogens (tertiary/aromatic N) is 1. The number of ether oxygens (including phenoxy) is 1. The molecule has 3 amide bonds. The maximum atomic E-state index is 13.1. The SMILES string of the molecule is COc1cc(C)c(C)cc1C1(C)NC(=O)N(CC(=O)c2ccccc2)C1=O. The van der Waals surface area contributed by atoms with E-state index in [2.05, 4.69) is 5.32 Å². The van der Waals surface area contributed by atoms with E-state index < -0.39 is 17.5 Å². The molecule has 0 radical (unpaired) electrons. The van der Waals surface area contributed by atoms with Crippen molar-refractivity contribution in [3.8, 4) is 5.75 Å². The van der Waals surface area contributed by atoms with Crippen LogP contribution in [0.1, 0.15) is 34.0 Å². The summed E-state index contributed by atoms with van der Waals surface area (Å²) in [5, 5.41) is 2.73. The molecule has 0 aromatic heterocycles. The number of benzene rings is 2. The minimum absolute atomic E-state index is 0.296. The zero-order valence-electron chi connectivity index (χ0n) is 15.8. The van der Waals surface area contributed by atoms with Crippen LogP contribution in [0.5, 0.6) is 5.75 Å². The van der Waals surface area contributed by atoms with E-state index in [1.54, 1.807) is 37.3 Å². The van der Waals surface area contributed by atoms with Gasteiger partial charge in [-0.2, -0.15) is 0 Å². The van der Waals surface area contributed by atoms with Gasteiger partial charge >= 0.3 is 6.03 Å². The Kier molecular flexibility index (Phi) is 4.74. The molecule has 6 nitrogen and oxygen atoms in total. The summed E-state index contributed by atoms with van der Waals surface area (Å²) in [7, 11) is 1.52. The van der Waals surface area contributed by atoms with E-state index in [0.717, 1.165) is 16.0 Å². The second-order valence-electron chi connectivity index (χ2n) is 6.87. The summed E-state index contributed by atoms with van der Waals surface area (Å²) < 4.78 is 5.44. The molecule has 0 bridgehead atoms. The Morgan fingerprint density at radius 3 is 2.37 bits per heavy atom. The van der Waals surface area contributed by atoms with Crippen molar-refractivity contribution in [2.45, 2.75) is 26.3 Å². The average Bonchev–Trinajstić information content (AvgIpc) is 2.88. The van der Waals surface area contributed by atoms with E-state index in [9.17, 15) is 14.4 Å². The number of carbonyl (C=O) groups excluding carboxylic acids is 3. The molecule has 1 fully saturated rings. The fourth-order valence-corrected chi connectivity index (χ4v) is 3.23. The average molecular weight is 366 g/mol. The number of amides is 3. The second-order valence-corrected chi connectivity index (χ2v) is 6.87. The van der Waals surface area contributed by atoms with Gasteiger partial charge in [-0.05, 0) is 44.0 Å². The third-order valence-corrected chi connectivity index (χ3v) is 5.03. The maximum absolute atomic E-state index is 13.1. The fraction of sp³-hybridized carbons (Fsp3) is 0.286. The maximum Gasteiger partial charge on any atom is 0.325 e. The molecule has 1 saturated heterocycles. The van der Waals surface area contributed by atoms with Gasteiger partial charge in [-0.3, -0.25) is 14.5 Å². The molecule has 2 aromatic carbocycles. The summed E-state index contributed by atoms with van der Waals surface area (Å²) >= 11 is 0. The molecular weight excluding hydrogens is 344 g/mol. The smallest absolute Gasteiger partial charge is 0.325 e. The highest BCUT2D eigenvalue weighted by Crippen LogP contribution is 2.36. The van der Waals surface area contributed by atoms with Crippen molar-refractivity contribution in [2.24, 2.45) is 0 Å². The van der Waals surface area contributed by atoms with Crippen molar-refractivity contribution in [1.29, 1.82) is 0 Å². The first-order valence-corrected chi connectivity index (χ1v) is 8.66. The van der Waals surface area contributed by atoms with Crippen molar-refractivity contribution in [2.75, 3.05) is 13.7 Å². The first-order valence-electron chi connectivity index (χ1n) is 8.66. The van der Waals surface area contributed by atoms with Crippen LogP contribution in [0.15, 0.2) is 42.5 Å². The van der Waals surface area contributed by atoms with Gasteiger partial charge in [-0.1, -0.05) is 30.3 Å². The van der Waals surface area contributed by atoms with Crippen LogP contribution in [0.4, 0.5) is 4.79 Å². The van der Waals surface area contributed by atoms with E-state index in [4.69, 9.17) is 4.74 Å². The Morgan fingerprint density at radius 2 is 1.74 bits per heavy atom.